The van der Waals surface area contributed by atoms with Crippen LogP contribution in [0.1, 0.15) is 39.0 Å². The Bertz CT molecular complexity index is 259. The molecule has 0 aromatic carbocycles. The van der Waals surface area contributed by atoms with Gasteiger partial charge in [0.2, 0.25) is 0 Å². The van der Waals surface area contributed by atoms with Gasteiger partial charge in [0, 0.05) is 12.3 Å². The molecule has 3 heteroatoms. The van der Waals surface area contributed by atoms with Crippen LogP contribution in [0.2, 0.25) is 0 Å². The quantitative estimate of drug-likeness (QED) is 0.702. The zero-order chi connectivity index (χ0) is 11.8. The first-order chi connectivity index (χ1) is 7.70. The number of rotatable bonds is 8. The molecule has 0 aliphatic rings. The molecule has 0 saturated heterocycles. The molecule has 1 atom stereocenters. The largest absolute Gasteiger partial charge is 0.468 e. The lowest BCUT2D eigenvalue weighted by Crippen LogP contribution is -2.21. The highest BCUT2D eigenvalue weighted by atomic mass is 32.2. The first kappa shape index (κ1) is 13.7. The smallest absolute Gasteiger partial charge is 0.120 e. The van der Waals surface area contributed by atoms with Gasteiger partial charge in [-0.25, -0.2) is 0 Å². The third-order valence-electron chi connectivity index (χ3n) is 2.51. The third-order valence-corrected chi connectivity index (χ3v) is 3.52. The van der Waals surface area contributed by atoms with Crippen LogP contribution in [-0.2, 0) is 0 Å². The summed E-state index contributed by atoms with van der Waals surface area (Å²) < 4.78 is 5.34. The molecule has 0 radical (unpaired) electrons. The minimum absolute atomic E-state index is 0.320. The summed E-state index contributed by atoms with van der Waals surface area (Å²) in [5.74, 6) is 4.29. The van der Waals surface area contributed by atoms with Gasteiger partial charge in [0.05, 0.1) is 12.3 Å². The number of thioether (sulfide) groups is 1. The predicted octanol–water partition coefficient (Wildman–Crippen LogP) is 3.71. The second kappa shape index (κ2) is 7.80. The molecule has 92 valence electrons. The Balaban J connectivity index is 1.99. The van der Waals surface area contributed by atoms with E-state index in [4.69, 9.17) is 4.42 Å². The summed E-state index contributed by atoms with van der Waals surface area (Å²) in [5.41, 5.74) is 0. The molecule has 0 aliphatic carbocycles. The summed E-state index contributed by atoms with van der Waals surface area (Å²) in [7, 11) is 0. The van der Waals surface area contributed by atoms with Gasteiger partial charge in [-0.15, -0.1) is 0 Å². The zero-order valence-electron chi connectivity index (χ0n) is 10.5. The first-order valence-corrected chi connectivity index (χ1v) is 7.20. The predicted molar refractivity (Wildman–Crippen MR) is 71.9 cm³/mol. The maximum absolute atomic E-state index is 5.34. The van der Waals surface area contributed by atoms with Crippen molar-refractivity contribution in [2.45, 2.75) is 33.2 Å². The highest BCUT2D eigenvalue weighted by Gasteiger charge is 2.06. The van der Waals surface area contributed by atoms with Crippen molar-refractivity contribution in [2.24, 2.45) is 5.92 Å². The van der Waals surface area contributed by atoms with E-state index in [1.165, 1.54) is 17.9 Å². The van der Waals surface area contributed by atoms with Crippen LogP contribution >= 0.6 is 11.8 Å². The molecular formula is C13H23NOS. The lowest BCUT2D eigenvalue weighted by atomic mass is 10.2. The van der Waals surface area contributed by atoms with Crippen LogP contribution in [0, 0.1) is 5.92 Å². The molecule has 1 rings (SSSR count). The second-order valence-electron chi connectivity index (χ2n) is 4.49. The Morgan fingerprint density at radius 2 is 2.12 bits per heavy atom. The van der Waals surface area contributed by atoms with Gasteiger partial charge in [-0.1, -0.05) is 13.8 Å². The van der Waals surface area contributed by atoms with E-state index >= 15 is 0 Å². The molecule has 0 aliphatic heterocycles. The highest BCUT2D eigenvalue weighted by Crippen LogP contribution is 2.12. The molecule has 1 N–H and O–H groups in total. The molecule has 2 nitrogen and oxygen atoms in total. The molecule has 16 heavy (non-hydrogen) atoms. The molecule has 1 aromatic heterocycles. The number of hydrogen-bond donors (Lipinski definition) is 1. The van der Waals surface area contributed by atoms with Gasteiger partial charge in [0.1, 0.15) is 5.76 Å². The van der Waals surface area contributed by atoms with Gasteiger partial charge >= 0.3 is 0 Å². The van der Waals surface area contributed by atoms with Gasteiger partial charge in [0.15, 0.2) is 0 Å². The molecule has 0 saturated carbocycles. The Morgan fingerprint density at radius 1 is 1.31 bits per heavy atom. The Kier molecular flexibility index (Phi) is 6.65. The van der Waals surface area contributed by atoms with E-state index in [0.29, 0.717) is 6.04 Å². The van der Waals surface area contributed by atoms with E-state index in [0.717, 1.165) is 18.2 Å². The maximum atomic E-state index is 5.34. The monoisotopic (exact) mass is 241 g/mol. The van der Waals surface area contributed by atoms with Crippen LogP contribution in [0.25, 0.3) is 0 Å². The maximum Gasteiger partial charge on any atom is 0.120 e. The van der Waals surface area contributed by atoms with Gasteiger partial charge in [-0.3, -0.25) is 0 Å². The zero-order valence-corrected chi connectivity index (χ0v) is 11.3. The van der Waals surface area contributed by atoms with Crippen molar-refractivity contribution in [2.75, 3.05) is 18.1 Å². The van der Waals surface area contributed by atoms with Crippen LogP contribution in [0.4, 0.5) is 0 Å². The fraction of sp³-hybridized carbons (Fsp3) is 0.692. The van der Waals surface area contributed by atoms with Gasteiger partial charge in [-0.2, -0.15) is 11.8 Å². The fourth-order valence-electron chi connectivity index (χ4n) is 1.41. The van der Waals surface area contributed by atoms with Crippen molar-refractivity contribution in [1.29, 1.82) is 0 Å². The van der Waals surface area contributed by atoms with Crippen LogP contribution in [0.3, 0.4) is 0 Å². The molecular weight excluding hydrogens is 218 g/mol. The average molecular weight is 241 g/mol. The van der Waals surface area contributed by atoms with Crippen molar-refractivity contribution in [1.82, 2.24) is 5.32 Å². The molecule has 0 spiro atoms. The van der Waals surface area contributed by atoms with Crippen molar-refractivity contribution in [3.05, 3.63) is 24.2 Å². The van der Waals surface area contributed by atoms with Crippen LogP contribution in [-0.4, -0.2) is 18.1 Å². The molecule has 1 aromatic rings. The van der Waals surface area contributed by atoms with E-state index in [-0.39, 0.29) is 0 Å². The minimum Gasteiger partial charge on any atom is -0.468 e. The van der Waals surface area contributed by atoms with E-state index in [1.807, 2.05) is 23.9 Å². The highest BCUT2D eigenvalue weighted by molar-refractivity contribution is 7.99. The van der Waals surface area contributed by atoms with E-state index in [9.17, 15) is 0 Å². The van der Waals surface area contributed by atoms with Gasteiger partial charge < -0.3 is 9.73 Å². The Hall–Kier alpha value is -0.410. The normalized spacial score (nSPS) is 13.2. The van der Waals surface area contributed by atoms with Crippen molar-refractivity contribution in [3.8, 4) is 0 Å². The lowest BCUT2D eigenvalue weighted by molar-refractivity contribution is 0.438. The summed E-state index contributed by atoms with van der Waals surface area (Å²) in [6, 6.07) is 4.27. The fourth-order valence-corrected chi connectivity index (χ4v) is 2.51. The van der Waals surface area contributed by atoms with E-state index in [2.05, 4.69) is 26.1 Å². The summed E-state index contributed by atoms with van der Waals surface area (Å²) in [6.45, 7) is 7.73. The number of furan rings is 1. The summed E-state index contributed by atoms with van der Waals surface area (Å²) in [4.78, 5) is 0. The second-order valence-corrected chi connectivity index (χ2v) is 5.71. The third kappa shape index (κ3) is 5.61. The Labute approximate surface area is 103 Å². The standard InChI is InChI=1S/C13H23NOS/c1-11(2)6-9-16-10-7-14-12(3)13-5-4-8-15-13/h4-5,8,11-12,14H,6-7,9-10H2,1-3H3. The van der Waals surface area contributed by atoms with Gasteiger partial charge in [-0.05, 0) is 37.1 Å². The van der Waals surface area contributed by atoms with Crippen LogP contribution < -0.4 is 5.32 Å². The Morgan fingerprint density at radius 3 is 2.75 bits per heavy atom. The first-order valence-electron chi connectivity index (χ1n) is 6.04. The number of hydrogen-bond acceptors (Lipinski definition) is 3. The van der Waals surface area contributed by atoms with Crippen LogP contribution in [0.5, 0.6) is 0 Å². The average Bonchev–Trinajstić information content (AvgIpc) is 2.75. The van der Waals surface area contributed by atoms with Crippen molar-refractivity contribution >= 4 is 11.8 Å². The summed E-state index contributed by atoms with van der Waals surface area (Å²) >= 11 is 2.03. The van der Waals surface area contributed by atoms with E-state index in [1.54, 1.807) is 6.26 Å². The molecule has 0 bridgehead atoms. The van der Waals surface area contributed by atoms with E-state index < -0.39 is 0 Å². The number of nitrogens with one attached hydrogen (secondary N) is 1. The molecule has 0 fully saturated rings. The van der Waals surface area contributed by atoms with Crippen LogP contribution in [0.15, 0.2) is 22.8 Å². The SMILES string of the molecule is CC(C)CCSCCNC(C)c1ccco1. The lowest BCUT2D eigenvalue weighted by Gasteiger charge is -2.11. The summed E-state index contributed by atoms with van der Waals surface area (Å²) in [5, 5.41) is 3.46. The van der Waals surface area contributed by atoms with Crippen molar-refractivity contribution in [3.63, 3.8) is 0 Å². The summed E-state index contributed by atoms with van der Waals surface area (Å²) in [6.07, 6.45) is 3.04. The van der Waals surface area contributed by atoms with Crippen molar-refractivity contribution < 1.29 is 4.42 Å². The molecule has 1 unspecified atom stereocenters. The molecule has 0 amide bonds. The molecule has 1 heterocycles. The minimum atomic E-state index is 0.320. The topological polar surface area (TPSA) is 25.2 Å². The van der Waals surface area contributed by atoms with Gasteiger partial charge in [0.25, 0.3) is 0 Å².